The van der Waals surface area contributed by atoms with Crippen LogP contribution in [0, 0.1) is 5.92 Å². The Labute approximate surface area is 203 Å². The topological polar surface area (TPSA) is 76.7 Å². The summed E-state index contributed by atoms with van der Waals surface area (Å²) in [7, 11) is 0. The Hall–Kier alpha value is -3.23. The van der Waals surface area contributed by atoms with Crippen molar-refractivity contribution in [1.82, 2.24) is 5.32 Å². The molecule has 1 fully saturated rings. The lowest BCUT2D eigenvalue weighted by Gasteiger charge is -2.33. The SMILES string of the molecule is CCOC(=O)c1ccc(C(F)(F)F)c(N[C@H]2CC[C@H](C(C)NC(=O)OCc3ccccc3)CC2)c1. The van der Waals surface area contributed by atoms with Crippen molar-refractivity contribution >= 4 is 17.7 Å². The van der Waals surface area contributed by atoms with Gasteiger partial charge in [0.15, 0.2) is 0 Å². The summed E-state index contributed by atoms with van der Waals surface area (Å²) in [6.45, 7) is 3.87. The average Bonchev–Trinajstić information content (AvgIpc) is 2.83. The van der Waals surface area contributed by atoms with E-state index in [1.165, 1.54) is 6.07 Å². The number of carbonyl (C=O) groups excluding carboxylic acids is 2. The Balaban J connectivity index is 1.54. The largest absolute Gasteiger partial charge is 0.462 e. The molecule has 1 aliphatic carbocycles. The molecule has 0 aromatic heterocycles. The highest BCUT2D eigenvalue weighted by Crippen LogP contribution is 2.37. The van der Waals surface area contributed by atoms with Crippen molar-refractivity contribution in [1.29, 1.82) is 0 Å². The lowest BCUT2D eigenvalue weighted by Crippen LogP contribution is -2.41. The number of alkyl carbamates (subject to hydrolysis) is 1. The number of rotatable bonds is 8. The fraction of sp³-hybridized carbons (Fsp3) is 0.462. The molecule has 2 N–H and O–H groups in total. The van der Waals surface area contributed by atoms with Crippen LogP contribution in [0.2, 0.25) is 0 Å². The summed E-state index contributed by atoms with van der Waals surface area (Å²) in [4.78, 5) is 24.2. The number of carbonyl (C=O) groups is 2. The first-order valence-electron chi connectivity index (χ1n) is 11.8. The molecule has 0 aliphatic heterocycles. The monoisotopic (exact) mass is 492 g/mol. The van der Waals surface area contributed by atoms with E-state index in [9.17, 15) is 22.8 Å². The standard InChI is InChI=1S/C26H31F3N2O4/c1-3-34-24(32)20-11-14-22(26(27,28)29)23(15-20)31-21-12-9-19(10-13-21)17(2)30-25(33)35-16-18-7-5-4-6-8-18/h4-8,11,14-15,17,19,21,31H,3,9-10,12-13,16H2,1-2H3,(H,30,33)/t17?,19-,21-. The van der Waals surface area contributed by atoms with Gasteiger partial charge in [0.05, 0.1) is 17.7 Å². The summed E-state index contributed by atoms with van der Waals surface area (Å²) in [5.41, 5.74) is 0.0287. The van der Waals surface area contributed by atoms with Gasteiger partial charge in [-0.15, -0.1) is 0 Å². The zero-order valence-electron chi connectivity index (χ0n) is 19.9. The molecule has 0 radical (unpaired) electrons. The smallest absolute Gasteiger partial charge is 0.418 e. The van der Waals surface area contributed by atoms with Gasteiger partial charge in [0.1, 0.15) is 6.61 Å². The Morgan fingerprint density at radius 1 is 1.03 bits per heavy atom. The van der Waals surface area contributed by atoms with Gasteiger partial charge in [0.2, 0.25) is 0 Å². The van der Waals surface area contributed by atoms with Crippen LogP contribution in [0.3, 0.4) is 0 Å². The maximum atomic E-state index is 13.5. The Kier molecular flexibility index (Phi) is 9.01. The van der Waals surface area contributed by atoms with E-state index in [0.717, 1.165) is 30.5 Å². The second-order valence-corrected chi connectivity index (χ2v) is 8.73. The normalized spacial score (nSPS) is 18.9. The molecule has 0 bridgehead atoms. The van der Waals surface area contributed by atoms with Crippen molar-refractivity contribution in [3.05, 3.63) is 65.2 Å². The van der Waals surface area contributed by atoms with Gasteiger partial charge in [-0.25, -0.2) is 9.59 Å². The molecule has 1 atom stereocenters. The summed E-state index contributed by atoms with van der Waals surface area (Å²) >= 11 is 0. The fourth-order valence-corrected chi connectivity index (χ4v) is 4.30. The molecule has 2 aromatic carbocycles. The molecule has 9 heteroatoms. The van der Waals surface area contributed by atoms with E-state index in [4.69, 9.17) is 9.47 Å². The molecule has 190 valence electrons. The van der Waals surface area contributed by atoms with Gasteiger partial charge >= 0.3 is 18.2 Å². The van der Waals surface area contributed by atoms with Gasteiger partial charge in [-0.1, -0.05) is 30.3 Å². The predicted molar refractivity (Wildman–Crippen MR) is 126 cm³/mol. The van der Waals surface area contributed by atoms with Gasteiger partial charge < -0.3 is 20.1 Å². The first-order valence-corrected chi connectivity index (χ1v) is 11.8. The predicted octanol–water partition coefficient (Wildman–Crippen LogP) is 6.17. The Morgan fingerprint density at radius 2 is 1.71 bits per heavy atom. The van der Waals surface area contributed by atoms with E-state index in [-0.39, 0.29) is 42.5 Å². The first kappa shape index (κ1) is 26.4. The first-order chi connectivity index (χ1) is 16.7. The summed E-state index contributed by atoms with van der Waals surface area (Å²) < 4.78 is 50.8. The minimum atomic E-state index is -4.55. The number of halogens is 3. The Morgan fingerprint density at radius 3 is 2.34 bits per heavy atom. The summed E-state index contributed by atoms with van der Waals surface area (Å²) in [5, 5.41) is 5.86. The highest BCUT2D eigenvalue weighted by Gasteiger charge is 2.35. The van der Waals surface area contributed by atoms with E-state index < -0.39 is 23.8 Å². The van der Waals surface area contributed by atoms with Crippen LogP contribution in [0.5, 0.6) is 0 Å². The zero-order valence-corrected chi connectivity index (χ0v) is 19.9. The van der Waals surface area contributed by atoms with E-state index in [0.29, 0.717) is 12.8 Å². The quantitative estimate of drug-likeness (QED) is 0.431. The van der Waals surface area contributed by atoms with Gasteiger partial charge in [-0.3, -0.25) is 0 Å². The van der Waals surface area contributed by atoms with Crippen LogP contribution >= 0.6 is 0 Å². The summed E-state index contributed by atoms with van der Waals surface area (Å²) in [6, 6.07) is 12.3. The van der Waals surface area contributed by atoms with Gasteiger partial charge in [0.25, 0.3) is 0 Å². The molecule has 0 heterocycles. The molecule has 1 aliphatic rings. The van der Waals surface area contributed by atoms with Crippen LogP contribution in [0.1, 0.15) is 61.0 Å². The van der Waals surface area contributed by atoms with Crippen LogP contribution < -0.4 is 10.6 Å². The fourth-order valence-electron chi connectivity index (χ4n) is 4.30. The van der Waals surface area contributed by atoms with Crippen molar-refractivity contribution in [3.8, 4) is 0 Å². The van der Waals surface area contributed by atoms with Crippen LogP contribution in [0.25, 0.3) is 0 Å². The van der Waals surface area contributed by atoms with Crippen LogP contribution in [-0.2, 0) is 22.3 Å². The van der Waals surface area contributed by atoms with Crippen molar-refractivity contribution in [2.24, 2.45) is 5.92 Å². The van der Waals surface area contributed by atoms with Crippen LogP contribution in [-0.4, -0.2) is 30.8 Å². The van der Waals surface area contributed by atoms with E-state index >= 15 is 0 Å². The van der Waals surface area contributed by atoms with E-state index in [1.807, 2.05) is 37.3 Å². The maximum Gasteiger partial charge on any atom is 0.418 e. The van der Waals surface area contributed by atoms with E-state index in [1.54, 1.807) is 6.92 Å². The van der Waals surface area contributed by atoms with E-state index in [2.05, 4.69) is 10.6 Å². The molecule has 6 nitrogen and oxygen atoms in total. The zero-order chi connectivity index (χ0) is 25.4. The average molecular weight is 493 g/mol. The molecular weight excluding hydrogens is 461 g/mol. The molecule has 0 spiro atoms. The number of amides is 1. The van der Waals surface area contributed by atoms with Crippen molar-refractivity contribution in [2.45, 2.75) is 64.4 Å². The van der Waals surface area contributed by atoms with Crippen LogP contribution in [0.4, 0.5) is 23.7 Å². The minimum absolute atomic E-state index is 0.0721. The number of anilines is 1. The summed E-state index contributed by atoms with van der Waals surface area (Å²) in [6.07, 6.45) is -2.31. The van der Waals surface area contributed by atoms with Crippen molar-refractivity contribution in [2.75, 3.05) is 11.9 Å². The molecule has 1 amide bonds. The second-order valence-electron chi connectivity index (χ2n) is 8.73. The molecular formula is C26H31F3N2O4. The lowest BCUT2D eigenvalue weighted by molar-refractivity contribution is -0.137. The molecule has 1 saturated carbocycles. The third-order valence-corrected chi connectivity index (χ3v) is 6.23. The number of benzene rings is 2. The number of hydrogen-bond acceptors (Lipinski definition) is 5. The second kappa shape index (κ2) is 12.0. The molecule has 1 unspecified atom stereocenters. The molecule has 3 rings (SSSR count). The number of ether oxygens (including phenoxy) is 2. The number of hydrogen-bond donors (Lipinski definition) is 2. The third-order valence-electron chi connectivity index (χ3n) is 6.23. The maximum absolute atomic E-state index is 13.5. The van der Waals surface area contributed by atoms with Gasteiger partial charge in [-0.05, 0) is 69.2 Å². The van der Waals surface area contributed by atoms with Crippen molar-refractivity contribution < 1.29 is 32.2 Å². The van der Waals surface area contributed by atoms with Crippen LogP contribution in [0.15, 0.2) is 48.5 Å². The number of alkyl halides is 3. The number of nitrogens with one attached hydrogen (secondary N) is 2. The number of esters is 1. The highest BCUT2D eigenvalue weighted by molar-refractivity contribution is 5.91. The lowest BCUT2D eigenvalue weighted by atomic mass is 9.82. The summed E-state index contributed by atoms with van der Waals surface area (Å²) in [5.74, 6) is -0.475. The van der Waals surface area contributed by atoms with Crippen molar-refractivity contribution in [3.63, 3.8) is 0 Å². The minimum Gasteiger partial charge on any atom is -0.462 e. The highest BCUT2D eigenvalue weighted by atomic mass is 19.4. The third kappa shape index (κ3) is 7.63. The van der Waals surface area contributed by atoms with Gasteiger partial charge in [0, 0.05) is 17.8 Å². The van der Waals surface area contributed by atoms with Gasteiger partial charge in [-0.2, -0.15) is 13.2 Å². The Bertz CT molecular complexity index is 990. The molecule has 0 saturated heterocycles. The molecule has 2 aromatic rings. The molecule has 35 heavy (non-hydrogen) atoms.